The SMILES string of the molecule is CN=C(NCC(c1ccc(OC)cc1)N1CCOCC1)N1CCC(c2ccccc2)C1.I. The maximum absolute atomic E-state index is 5.59. The van der Waals surface area contributed by atoms with E-state index in [0.29, 0.717) is 5.92 Å². The third-order valence-electron chi connectivity index (χ3n) is 6.41. The summed E-state index contributed by atoms with van der Waals surface area (Å²) in [6.45, 7) is 6.30. The molecule has 2 aliphatic heterocycles. The van der Waals surface area contributed by atoms with Crippen molar-refractivity contribution >= 4 is 29.9 Å². The molecule has 2 fully saturated rings. The van der Waals surface area contributed by atoms with Crippen LogP contribution in [-0.2, 0) is 4.74 Å². The molecule has 32 heavy (non-hydrogen) atoms. The van der Waals surface area contributed by atoms with E-state index in [4.69, 9.17) is 9.47 Å². The zero-order valence-electron chi connectivity index (χ0n) is 19.1. The lowest BCUT2D eigenvalue weighted by Crippen LogP contribution is -2.47. The molecule has 0 saturated carbocycles. The number of rotatable bonds is 6. The average Bonchev–Trinajstić information content (AvgIpc) is 3.33. The monoisotopic (exact) mass is 550 g/mol. The number of methoxy groups -OCH3 is 1. The van der Waals surface area contributed by atoms with E-state index >= 15 is 0 Å². The quantitative estimate of drug-likeness (QED) is 0.338. The molecule has 0 aliphatic carbocycles. The van der Waals surface area contributed by atoms with Crippen molar-refractivity contribution in [2.75, 3.05) is 60.1 Å². The van der Waals surface area contributed by atoms with Crippen molar-refractivity contribution in [2.45, 2.75) is 18.4 Å². The van der Waals surface area contributed by atoms with Crippen molar-refractivity contribution in [1.29, 1.82) is 0 Å². The number of aliphatic imine (C=N–C) groups is 1. The van der Waals surface area contributed by atoms with E-state index in [-0.39, 0.29) is 30.0 Å². The van der Waals surface area contributed by atoms with Gasteiger partial charge in [0.15, 0.2) is 5.96 Å². The molecule has 2 heterocycles. The van der Waals surface area contributed by atoms with Crippen molar-refractivity contribution in [1.82, 2.24) is 15.1 Å². The fraction of sp³-hybridized carbons (Fsp3) is 0.480. The Morgan fingerprint density at radius 1 is 1.09 bits per heavy atom. The Hall–Kier alpha value is -1.84. The first-order chi connectivity index (χ1) is 15.3. The van der Waals surface area contributed by atoms with Gasteiger partial charge in [-0.3, -0.25) is 9.89 Å². The molecule has 2 aliphatic rings. The second-order valence-corrected chi connectivity index (χ2v) is 8.21. The van der Waals surface area contributed by atoms with Crippen LogP contribution in [-0.4, -0.2) is 75.9 Å². The molecule has 2 aromatic rings. The highest BCUT2D eigenvalue weighted by atomic mass is 127. The zero-order chi connectivity index (χ0) is 21.5. The Morgan fingerprint density at radius 3 is 2.47 bits per heavy atom. The van der Waals surface area contributed by atoms with Gasteiger partial charge in [0.25, 0.3) is 0 Å². The van der Waals surface area contributed by atoms with E-state index in [1.54, 1.807) is 7.11 Å². The normalized spacial score (nSPS) is 20.5. The van der Waals surface area contributed by atoms with E-state index in [9.17, 15) is 0 Å². The van der Waals surface area contributed by atoms with E-state index < -0.39 is 0 Å². The highest BCUT2D eigenvalue weighted by molar-refractivity contribution is 14.0. The molecule has 2 saturated heterocycles. The molecule has 0 aromatic heterocycles. The largest absolute Gasteiger partial charge is 0.497 e. The molecule has 2 aromatic carbocycles. The Balaban J connectivity index is 0.00000289. The topological polar surface area (TPSA) is 49.3 Å². The first-order valence-electron chi connectivity index (χ1n) is 11.2. The molecule has 2 atom stereocenters. The van der Waals surface area contributed by atoms with Gasteiger partial charge in [0, 0.05) is 45.7 Å². The standard InChI is InChI=1S/C25H34N4O2.HI/c1-26-25(29-13-12-22(19-29)20-6-4-3-5-7-20)27-18-24(28-14-16-31-17-15-28)21-8-10-23(30-2)11-9-21;/h3-11,22,24H,12-19H2,1-2H3,(H,26,27);1H. The second-order valence-electron chi connectivity index (χ2n) is 8.21. The number of halogens is 1. The molecule has 0 spiro atoms. The molecule has 4 rings (SSSR count). The maximum atomic E-state index is 5.59. The van der Waals surface area contributed by atoms with Gasteiger partial charge in [0.1, 0.15) is 5.75 Å². The van der Waals surface area contributed by atoms with Gasteiger partial charge in [-0.05, 0) is 29.7 Å². The molecule has 2 unspecified atom stereocenters. The van der Waals surface area contributed by atoms with E-state index in [1.807, 2.05) is 19.2 Å². The van der Waals surface area contributed by atoms with Gasteiger partial charge < -0.3 is 19.7 Å². The molecule has 6 nitrogen and oxygen atoms in total. The number of morpholine rings is 1. The van der Waals surface area contributed by atoms with Gasteiger partial charge in [-0.1, -0.05) is 42.5 Å². The Morgan fingerprint density at radius 2 is 1.81 bits per heavy atom. The Labute approximate surface area is 209 Å². The summed E-state index contributed by atoms with van der Waals surface area (Å²) in [5.74, 6) is 2.44. The van der Waals surface area contributed by atoms with Crippen molar-refractivity contribution < 1.29 is 9.47 Å². The molecule has 0 amide bonds. The van der Waals surface area contributed by atoms with Gasteiger partial charge in [-0.15, -0.1) is 24.0 Å². The van der Waals surface area contributed by atoms with Gasteiger partial charge in [0.05, 0.1) is 26.4 Å². The first-order valence-corrected chi connectivity index (χ1v) is 11.2. The number of likely N-dealkylation sites (tertiary alicyclic amines) is 1. The van der Waals surface area contributed by atoms with Crippen LogP contribution >= 0.6 is 24.0 Å². The predicted octanol–water partition coefficient (Wildman–Crippen LogP) is 3.75. The third kappa shape index (κ3) is 6.14. The van der Waals surface area contributed by atoms with Gasteiger partial charge in [-0.2, -0.15) is 0 Å². The van der Waals surface area contributed by atoms with Crippen molar-refractivity contribution in [3.05, 3.63) is 65.7 Å². The summed E-state index contributed by atoms with van der Waals surface area (Å²) in [6, 6.07) is 19.5. The van der Waals surface area contributed by atoms with Crippen LogP contribution in [0.15, 0.2) is 59.6 Å². The van der Waals surface area contributed by atoms with E-state index in [2.05, 4.69) is 62.6 Å². The molecule has 1 N–H and O–H groups in total. The van der Waals surface area contributed by atoms with Crippen LogP contribution in [0, 0.1) is 0 Å². The van der Waals surface area contributed by atoms with Crippen LogP contribution in [0.1, 0.15) is 29.5 Å². The first kappa shape index (κ1) is 24.8. The maximum Gasteiger partial charge on any atom is 0.193 e. The van der Waals surface area contributed by atoms with E-state index in [1.165, 1.54) is 11.1 Å². The Kier molecular flexibility index (Phi) is 9.62. The smallest absolute Gasteiger partial charge is 0.193 e. The third-order valence-corrected chi connectivity index (χ3v) is 6.41. The summed E-state index contributed by atoms with van der Waals surface area (Å²) in [6.07, 6.45) is 1.16. The number of benzene rings is 2. The molecular formula is C25H35IN4O2. The lowest BCUT2D eigenvalue weighted by atomic mass is 9.99. The number of nitrogens with zero attached hydrogens (tertiary/aromatic N) is 3. The van der Waals surface area contributed by atoms with Crippen LogP contribution in [0.4, 0.5) is 0 Å². The van der Waals surface area contributed by atoms with Crippen molar-refractivity contribution in [2.24, 2.45) is 4.99 Å². The minimum absolute atomic E-state index is 0. The summed E-state index contributed by atoms with van der Waals surface area (Å²) in [5, 5.41) is 3.67. The minimum atomic E-state index is 0. The lowest BCUT2D eigenvalue weighted by molar-refractivity contribution is 0.0169. The Bertz CT molecular complexity index is 841. The number of hydrogen-bond acceptors (Lipinski definition) is 4. The number of nitrogens with one attached hydrogen (secondary N) is 1. The lowest BCUT2D eigenvalue weighted by Gasteiger charge is -2.35. The van der Waals surface area contributed by atoms with Gasteiger partial charge in [-0.25, -0.2) is 0 Å². The van der Waals surface area contributed by atoms with E-state index in [0.717, 1.165) is 64.1 Å². The number of ether oxygens (including phenoxy) is 2. The highest BCUT2D eigenvalue weighted by Crippen LogP contribution is 2.27. The molecule has 7 heteroatoms. The summed E-state index contributed by atoms with van der Waals surface area (Å²) >= 11 is 0. The summed E-state index contributed by atoms with van der Waals surface area (Å²) in [7, 11) is 3.59. The summed E-state index contributed by atoms with van der Waals surface area (Å²) in [4.78, 5) is 9.50. The zero-order valence-corrected chi connectivity index (χ0v) is 21.4. The highest BCUT2D eigenvalue weighted by Gasteiger charge is 2.28. The fourth-order valence-corrected chi connectivity index (χ4v) is 4.64. The number of guanidine groups is 1. The van der Waals surface area contributed by atoms with Crippen LogP contribution in [0.3, 0.4) is 0 Å². The molecular weight excluding hydrogens is 515 g/mol. The molecule has 0 bridgehead atoms. The molecule has 0 radical (unpaired) electrons. The van der Waals surface area contributed by atoms with Crippen molar-refractivity contribution in [3.63, 3.8) is 0 Å². The predicted molar refractivity (Wildman–Crippen MR) is 140 cm³/mol. The average molecular weight is 550 g/mol. The number of hydrogen-bond donors (Lipinski definition) is 1. The van der Waals surface area contributed by atoms with Crippen molar-refractivity contribution in [3.8, 4) is 5.75 Å². The van der Waals surface area contributed by atoms with Crippen LogP contribution in [0.2, 0.25) is 0 Å². The minimum Gasteiger partial charge on any atom is -0.497 e. The van der Waals surface area contributed by atoms with Crippen LogP contribution in [0.5, 0.6) is 5.75 Å². The molecule has 174 valence electrons. The van der Waals surface area contributed by atoms with Crippen LogP contribution in [0.25, 0.3) is 0 Å². The summed E-state index contributed by atoms with van der Waals surface area (Å²) in [5.41, 5.74) is 2.71. The fourth-order valence-electron chi connectivity index (χ4n) is 4.64. The van der Waals surface area contributed by atoms with Gasteiger partial charge >= 0.3 is 0 Å². The van der Waals surface area contributed by atoms with Crippen LogP contribution < -0.4 is 10.1 Å². The van der Waals surface area contributed by atoms with Gasteiger partial charge in [0.2, 0.25) is 0 Å². The summed E-state index contributed by atoms with van der Waals surface area (Å²) < 4.78 is 10.9. The second kappa shape index (κ2) is 12.4.